The molecule has 2 rings (SSSR count). The van der Waals surface area contributed by atoms with Gasteiger partial charge in [0.1, 0.15) is 0 Å². The van der Waals surface area contributed by atoms with Crippen LogP contribution in [0, 0.1) is 6.92 Å². The molecule has 0 bridgehead atoms. The Bertz CT molecular complexity index is 485. The van der Waals surface area contributed by atoms with Gasteiger partial charge in [0.2, 0.25) is 0 Å². The lowest BCUT2D eigenvalue weighted by atomic mass is 10.2. The lowest BCUT2D eigenvalue weighted by molar-refractivity contribution is 0.663. The maximum atomic E-state index is 11.9. The summed E-state index contributed by atoms with van der Waals surface area (Å²) >= 11 is 6.92. The van der Waals surface area contributed by atoms with E-state index in [9.17, 15) is 4.21 Å². The highest BCUT2D eigenvalue weighted by molar-refractivity contribution is 9.11. The minimum Gasteiger partial charge on any atom is -0.249 e. The number of nitrogens with zero attached hydrogens (tertiary/aromatic N) is 1. The van der Waals surface area contributed by atoms with E-state index < -0.39 is 9.73 Å². The van der Waals surface area contributed by atoms with Crippen LogP contribution in [-0.2, 0) is 9.73 Å². The second kappa shape index (κ2) is 4.18. The van der Waals surface area contributed by atoms with Crippen LogP contribution in [0.3, 0.4) is 0 Å². The van der Waals surface area contributed by atoms with E-state index in [4.69, 9.17) is 0 Å². The number of rotatable bonds is 1. The van der Waals surface area contributed by atoms with E-state index in [0.717, 1.165) is 38.1 Å². The van der Waals surface area contributed by atoms with E-state index in [-0.39, 0.29) is 0 Å². The van der Waals surface area contributed by atoms with Crippen molar-refractivity contribution >= 4 is 47.3 Å². The van der Waals surface area contributed by atoms with Crippen LogP contribution in [0.4, 0.5) is 5.69 Å². The van der Waals surface area contributed by atoms with Crippen LogP contribution in [0.2, 0.25) is 0 Å². The summed E-state index contributed by atoms with van der Waals surface area (Å²) in [5.74, 6) is 1.49. The van der Waals surface area contributed by atoms with Gasteiger partial charge in [0.05, 0.1) is 15.4 Å². The maximum absolute atomic E-state index is 11.9. The summed E-state index contributed by atoms with van der Waals surface area (Å²) in [4.78, 5) is 0. The zero-order chi connectivity index (χ0) is 11.1. The first-order valence-corrected chi connectivity index (χ1v) is 8.12. The van der Waals surface area contributed by atoms with E-state index in [1.54, 1.807) is 0 Å². The van der Waals surface area contributed by atoms with Crippen molar-refractivity contribution in [1.29, 1.82) is 0 Å². The standard InChI is InChI=1S/C10H11Br2NOS/c1-7-9(11)5-8(6-10(7)12)13-15(14)3-2-4-15/h5-6H,2-4H2,1H3. The highest BCUT2D eigenvalue weighted by Crippen LogP contribution is 2.32. The van der Waals surface area contributed by atoms with Gasteiger partial charge in [0.15, 0.2) is 0 Å². The molecule has 0 amide bonds. The minimum absolute atomic E-state index is 0.746. The Hall–Kier alpha value is 0.130. The first-order chi connectivity index (χ1) is 7.00. The van der Waals surface area contributed by atoms with E-state index in [1.807, 2.05) is 19.1 Å². The van der Waals surface area contributed by atoms with Gasteiger partial charge in [-0.25, -0.2) is 4.21 Å². The van der Waals surface area contributed by atoms with Gasteiger partial charge >= 0.3 is 0 Å². The van der Waals surface area contributed by atoms with Gasteiger partial charge in [-0.3, -0.25) is 0 Å². The lowest BCUT2D eigenvalue weighted by Gasteiger charge is -2.18. The third-order valence-electron chi connectivity index (χ3n) is 2.46. The second-order valence-corrected chi connectivity index (χ2v) is 7.91. The summed E-state index contributed by atoms with van der Waals surface area (Å²) < 4.78 is 18.2. The van der Waals surface area contributed by atoms with Crippen LogP contribution in [0.25, 0.3) is 0 Å². The molecule has 1 aliphatic heterocycles. The second-order valence-electron chi connectivity index (χ2n) is 3.66. The maximum Gasteiger partial charge on any atom is 0.0752 e. The highest BCUT2D eigenvalue weighted by atomic mass is 79.9. The van der Waals surface area contributed by atoms with Crippen molar-refractivity contribution in [2.45, 2.75) is 13.3 Å². The van der Waals surface area contributed by atoms with Gasteiger partial charge in [-0.2, -0.15) is 4.36 Å². The SMILES string of the molecule is Cc1c(Br)cc(N=S2(=O)CCC2)cc1Br. The zero-order valence-corrected chi connectivity index (χ0v) is 12.3. The van der Waals surface area contributed by atoms with Crippen LogP contribution in [0.15, 0.2) is 25.4 Å². The number of hydrogen-bond acceptors (Lipinski definition) is 2. The van der Waals surface area contributed by atoms with Gasteiger partial charge in [-0.1, -0.05) is 31.9 Å². The van der Waals surface area contributed by atoms with Crippen LogP contribution in [0.5, 0.6) is 0 Å². The van der Waals surface area contributed by atoms with Crippen LogP contribution < -0.4 is 0 Å². The summed E-state index contributed by atoms with van der Waals surface area (Å²) in [6.45, 7) is 2.01. The van der Waals surface area contributed by atoms with Gasteiger partial charge in [0, 0.05) is 20.5 Å². The van der Waals surface area contributed by atoms with Crippen molar-refractivity contribution in [1.82, 2.24) is 0 Å². The minimum atomic E-state index is -1.91. The molecule has 0 aliphatic carbocycles. The molecule has 0 unspecified atom stereocenters. The molecular formula is C10H11Br2NOS. The third kappa shape index (κ3) is 2.45. The topological polar surface area (TPSA) is 29.4 Å². The number of hydrogen-bond donors (Lipinski definition) is 0. The molecule has 1 saturated heterocycles. The predicted molar refractivity (Wildman–Crippen MR) is 71.2 cm³/mol. The number of benzene rings is 1. The van der Waals surface area contributed by atoms with Crippen molar-refractivity contribution in [3.05, 3.63) is 26.6 Å². The third-order valence-corrected chi connectivity index (χ3v) is 6.51. The van der Waals surface area contributed by atoms with E-state index in [0.29, 0.717) is 0 Å². The molecule has 0 radical (unpaired) electrons. The molecule has 0 aromatic heterocycles. The molecule has 1 aliphatic rings. The fourth-order valence-electron chi connectivity index (χ4n) is 1.36. The molecule has 5 heteroatoms. The zero-order valence-electron chi connectivity index (χ0n) is 8.30. The molecule has 15 heavy (non-hydrogen) atoms. The van der Waals surface area contributed by atoms with Crippen LogP contribution >= 0.6 is 31.9 Å². The van der Waals surface area contributed by atoms with Crippen molar-refractivity contribution < 1.29 is 4.21 Å². The Balaban J connectivity index is 2.47. The molecule has 2 nitrogen and oxygen atoms in total. The Morgan fingerprint density at radius 2 is 1.80 bits per heavy atom. The average Bonchev–Trinajstić information content (AvgIpc) is 2.11. The van der Waals surface area contributed by atoms with E-state index in [1.165, 1.54) is 0 Å². The fourth-order valence-corrected chi connectivity index (χ4v) is 3.98. The van der Waals surface area contributed by atoms with E-state index in [2.05, 4.69) is 36.2 Å². The molecule has 1 aromatic carbocycles. The van der Waals surface area contributed by atoms with Crippen molar-refractivity contribution in [2.24, 2.45) is 4.36 Å². The van der Waals surface area contributed by atoms with Gasteiger partial charge in [0.25, 0.3) is 0 Å². The summed E-state index contributed by atoms with van der Waals surface area (Å²) in [6, 6.07) is 3.84. The summed E-state index contributed by atoms with van der Waals surface area (Å²) in [5, 5.41) is 0. The van der Waals surface area contributed by atoms with Crippen molar-refractivity contribution in [2.75, 3.05) is 11.5 Å². The molecule has 1 fully saturated rings. The summed E-state index contributed by atoms with van der Waals surface area (Å²) in [7, 11) is -1.91. The molecule has 0 spiro atoms. The van der Waals surface area contributed by atoms with Crippen molar-refractivity contribution in [3.8, 4) is 0 Å². The predicted octanol–water partition coefficient (Wildman–Crippen LogP) is 4.02. The first kappa shape index (κ1) is 11.6. The Morgan fingerprint density at radius 3 is 2.20 bits per heavy atom. The highest BCUT2D eigenvalue weighted by Gasteiger charge is 2.19. The number of halogens is 2. The average molecular weight is 353 g/mol. The molecule has 0 N–H and O–H groups in total. The Labute approximate surface area is 107 Å². The van der Waals surface area contributed by atoms with Gasteiger partial charge in [-0.15, -0.1) is 0 Å². The fraction of sp³-hybridized carbons (Fsp3) is 0.400. The van der Waals surface area contributed by atoms with E-state index >= 15 is 0 Å². The first-order valence-electron chi connectivity index (χ1n) is 4.68. The monoisotopic (exact) mass is 351 g/mol. The molecule has 0 saturated carbocycles. The molecule has 0 atom stereocenters. The normalized spacial score (nSPS) is 18.3. The largest absolute Gasteiger partial charge is 0.249 e. The summed E-state index contributed by atoms with van der Waals surface area (Å²) in [6.07, 6.45) is 1.04. The Morgan fingerprint density at radius 1 is 1.27 bits per heavy atom. The smallest absolute Gasteiger partial charge is 0.0752 e. The molecule has 82 valence electrons. The Kier molecular flexibility index (Phi) is 3.24. The molecule has 1 heterocycles. The van der Waals surface area contributed by atoms with Gasteiger partial charge < -0.3 is 0 Å². The van der Waals surface area contributed by atoms with Gasteiger partial charge in [-0.05, 0) is 31.0 Å². The van der Waals surface area contributed by atoms with Crippen molar-refractivity contribution in [3.63, 3.8) is 0 Å². The summed E-state index contributed by atoms with van der Waals surface area (Å²) in [5.41, 5.74) is 1.93. The van der Waals surface area contributed by atoms with Crippen LogP contribution in [-0.4, -0.2) is 15.7 Å². The van der Waals surface area contributed by atoms with Crippen LogP contribution in [0.1, 0.15) is 12.0 Å². The quantitative estimate of drug-likeness (QED) is 0.750. The lowest BCUT2D eigenvalue weighted by Crippen LogP contribution is -2.22. The molecule has 1 aromatic rings. The molecular weight excluding hydrogens is 342 g/mol.